The number of amides is 3. The molecule has 3 amide bonds. The SMILES string of the molecule is CN.CN.CNC(=O)[C@H](CC(N)=O)NC(=O)c1ccc2scnc2c1. The van der Waals surface area contributed by atoms with Crippen molar-refractivity contribution in [2.24, 2.45) is 17.2 Å². The number of hydrogen-bond acceptors (Lipinski definition) is 7. The van der Waals surface area contributed by atoms with Gasteiger partial charge in [-0.15, -0.1) is 11.3 Å². The standard InChI is InChI=1S/C13H14N4O3S.2CH5N/c1-15-13(20)9(5-11(14)18)17-12(19)7-2-3-10-8(4-7)16-6-21-10;2*1-2/h2-4,6,9H,5H2,1H3,(H2,14,18)(H,15,20)(H,17,19);2*2H2,1H3/t9-;;/m0../s1. The smallest absolute Gasteiger partial charge is 0.252 e. The fourth-order valence-electron chi connectivity index (χ4n) is 1.83. The first kappa shape index (κ1) is 22.4. The van der Waals surface area contributed by atoms with Crippen LogP contribution >= 0.6 is 11.3 Å². The lowest BCUT2D eigenvalue weighted by atomic mass is 10.1. The number of benzene rings is 1. The van der Waals surface area contributed by atoms with Crippen molar-refractivity contribution in [2.45, 2.75) is 12.5 Å². The van der Waals surface area contributed by atoms with Crippen molar-refractivity contribution < 1.29 is 14.4 Å². The summed E-state index contributed by atoms with van der Waals surface area (Å²) in [7, 11) is 4.42. The van der Waals surface area contributed by atoms with Gasteiger partial charge in [0.05, 0.1) is 22.1 Å². The number of carbonyl (C=O) groups is 3. The maximum atomic E-state index is 12.2. The highest BCUT2D eigenvalue weighted by Gasteiger charge is 2.22. The van der Waals surface area contributed by atoms with Crippen molar-refractivity contribution >= 4 is 39.3 Å². The van der Waals surface area contributed by atoms with Crippen LogP contribution in [0.25, 0.3) is 10.2 Å². The minimum absolute atomic E-state index is 0.260. The molecule has 0 saturated carbocycles. The van der Waals surface area contributed by atoms with Crippen LogP contribution in [0.4, 0.5) is 0 Å². The molecule has 2 rings (SSSR count). The second-order valence-corrected chi connectivity index (χ2v) is 5.23. The van der Waals surface area contributed by atoms with Crippen LogP contribution in [0.3, 0.4) is 0 Å². The molecule has 0 aliphatic carbocycles. The molecule has 1 aromatic carbocycles. The summed E-state index contributed by atoms with van der Waals surface area (Å²) in [5.74, 6) is -1.60. The molecule has 9 nitrogen and oxygen atoms in total. The lowest BCUT2D eigenvalue weighted by molar-refractivity contribution is -0.126. The Labute approximate surface area is 150 Å². The Morgan fingerprint density at radius 3 is 2.40 bits per heavy atom. The summed E-state index contributed by atoms with van der Waals surface area (Å²) < 4.78 is 0.964. The summed E-state index contributed by atoms with van der Waals surface area (Å²) in [6.07, 6.45) is -0.260. The molecule has 0 saturated heterocycles. The second kappa shape index (κ2) is 11.9. The molecule has 1 aromatic heterocycles. The monoisotopic (exact) mass is 368 g/mol. The number of hydrogen-bond donors (Lipinski definition) is 5. The topological polar surface area (TPSA) is 166 Å². The fraction of sp³-hybridized carbons (Fsp3) is 0.333. The van der Waals surface area contributed by atoms with E-state index in [0.717, 1.165) is 4.70 Å². The number of likely N-dealkylation sites (N-methyl/N-ethyl adjacent to an activating group) is 1. The molecule has 0 radical (unpaired) electrons. The molecule has 8 N–H and O–H groups in total. The Morgan fingerprint density at radius 1 is 1.20 bits per heavy atom. The quantitative estimate of drug-likeness (QED) is 0.461. The van der Waals surface area contributed by atoms with Gasteiger partial charge >= 0.3 is 0 Å². The van der Waals surface area contributed by atoms with Crippen LogP contribution in [-0.2, 0) is 9.59 Å². The van der Waals surface area contributed by atoms with Crippen molar-refractivity contribution in [1.29, 1.82) is 0 Å². The number of nitrogens with zero attached hydrogens (tertiary/aromatic N) is 1. The second-order valence-electron chi connectivity index (χ2n) is 4.35. The van der Waals surface area contributed by atoms with Crippen molar-refractivity contribution in [3.05, 3.63) is 29.3 Å². The molecule has 0 unspecified atom stereocenters. The molecule has 0 bridgehead atoms. The summed E-state index contributed by atoms with van der Waals surface area (Å²) in [4.78, 5) is 38.9. The number of primary amides is 1. The number of thiazole rings is 1. The molecule has 2 aromatic rings. The van der Waals surface area contributed by atoms with Gasteiger partial charge < -0.3 is 27.8 Å². The van der Waals surface area contributed by atoms with Gasteiger partial charge in [0.2, 0.25) is 11.8 Å². The minimum Gasteiger partial charge on any atom is -0.370 e. The van der Waals surface area contributed by atoms with E-state index in [1.807, 2.05) is 0 Å². The number of nitrogens with two attached hydrogens (primary N) is 3. The minimum atomic E-state index is -0.994. The molecular formula is C15H24N6O3S. The molecule has 0 fully saturated rings. The zero-order chi connectivity index (χ0) is 19.4. The zero-order valence-electron chi connectivity index (χ0n) is 14.4. The molecular weight excluding hydrogens is 344 g/mol. The van der Waals surface area contributed by atoms with E-state index in [2.05, 4.69) is 27.1 Å². The van der Waals surface area contributed by atoms with Gasteiger partial charge in [-0.05, 0) is 32.3 Å². The van der Waals surface area contributed by atoms with Gasteiger partial charge in [-0.1, -0.05) is 0 Å². The third-order valence-electron chi connectivity index (χ3n) is 2.87. The molecule has 10 heteroatoms. The molecule has 0 spiro atoms. The summed E-state index contributed by atoms with van der Waals surface area (Å²) in [6, 6.07) is 4.06. The molecule has 0 aliphatic rings. The summed E-state index contributed by atoms with van der Waals surface area (Å²) in [6.45, 7) is 0. The van der Waals surface area contributed by atoms with E-state index in [-0.39, 0.29) is 6.42 Å². The number of rotatable bonds is 5. The van der Waals surface area contributed by atoms with Crippen LogP contribution in [0, 0.1) is 0 Å². The first-order valence-corrected chi connectivity index (χ1v) is 8.18. The molecule has 1 heterocycles. The Hall–Kier alpha value is -2.56. The Bertz CT molecular complexity index is 703. The van der Waals surface area contributed by atoms with E-state index in [1.165, 1.54) is 32.5 Å². The van der Waals surface area contributed by atoms with Crippen molar-refractivity contribution in [3.8, 4) is 0 Å². The van der Waals surface area contributed by atoms with Gasteiger partial charge in [0.25, 0.3) is 5.91 Å². The Balaban J connectivity index is 0.00000134. The Kier molecular flexibility index (Phi) is 10.7. The van der Waals surface area contributed by atoms with Crippen molar-refractivity contribution in [1.82, 2.24) is 15.6 Å². The maximum absolute atomic E-state index is 12.2. The van der Waals surface area contributed by atoms with E-state index in [4.69, 9.17) is 5.73 Å². The zero-order valence-corrected chi connectivity index (χ0v) is 15.2. The highest BCUT2D eigenvalue weighted by Crippen LogP contribution is 2.18. The molecule has 138 valence electrons. The predicted octanol–water partition coefficient (Wildman–Crippen LogP) is -0.834. The van der Waals surface area contributed by atoms with E-state index in [1.54, 1.807) is 23.7 Å². The van der Waals surface area contributed by atoms with Gasteiger partial charge in [-0.2, -0.15) is 0 Å². The van der Waals surface area contributed by atoms with E-state index < -0.39 is 23.8 Å². The van der Waals surface area contributed by atoms with Gasteiger partial charge in [-0.3, -0.25) is 14.4 Å². The molecule has 25 heavy (non-hydrogen) atoms. The summed E-state index contributed by atoms with van der Waals surface area (Å²) in [5, 5.41) is 4.88. The molecule has 0 aliphatic heterocycles. The summed E-state index contributed by atoms with van der Waals surface area (Å²) in [5.41, 5.74) is 16.8. The van der Waals surface area contributed by atoms with Crippen molar-refractivity contribution in [3.63, 3.8) is 0 Å². The third kappa shape index (κ3) is 6.83. The van der Waals surface area contributed by atoms with Crippen LogP contribution in [0.2, 0.25) is 0 Å². The molecule has 1 atom stereocenters. The van der Waals surface area contributed by atoms with Crippen LogP contribution in [0.1, 0.15) is 16.8 Å². The number of aromatic nitrogens is 1. The van der Waals surface area contributed by atoms with Crippen LogP contribution in [0.5, 0.6) is 0 Å². The Morgan fingerprint density at radius 2 is 1.84 bits per heavy atom. The highest BCUT2D eigenvalue weighted by molar-refractivity contribution is 7.16. The van der Waals surface area contributed by atoms with E-state index in [9.17, 15) is 14.4 Å². The normalized spacial score (nSPS) is 10.4. The van der Waals surface area contributed by atoms with Crippen LogP contribution in [-0.4, -0.2) is 49.9 Å². The van der Waals surface area contributed by atoms with E-state index >= 15 is 0 Å². The van der Waals surface area contributed by atoms with Crippen LogP contribution < -0.4 is 27.8 Å². The third-order valence-corrected chi connectivity index (χ3v) is 3.68. The summed E-state index contributed by atoms with van der Waals surface area (Å²) >= 11 is 1.47. The number of fused-ring (bicyclic) bond motifs is 1. The highest BCUT2D eigenvalue weighted by atomic mass is 32.1. The number of carbonyl (C=O) groups excluding carboxylic acids is 3. The average molecular weight is 368 g/mol. The predicted molar refractivity (Wildman–Crippen MR) is 99.0 cm³/mol. The first-order valence-electron chi connectivity index (χ1n) is 7.30. The maximum Gasteiger partial charge on any atom is 0.252 e. The van der Waals surface area contributed by atoms with Crippen molar-refractivity contribution in [2.75, 3.05) is 21.1 Å². The average Bonchev–Trinajstić information content (AvgIpc) is 3.11. The fourth-order valence-corrected chi connectivity index (χ4v) is 2.48. The van der Waals surface area contributed by atoms with Gasteiger partial charge in [-0.25, -0.2) is 4.98 Å². The largest absolute Gasteiger partial charge is 0.370 e. The van der Waals surface area contributed by atoms with Gasteiger partial charge in [0, 0.05) is 12.6 Å². The van der Waals surface area contributed by atoms with Gasteiger partial charge in [0.1, 0.15) is 6.04 Å². The van der Waals surface area contributed by atoms with Gasteiger partial charge in [0.15, 0.2) is 0 Å². The number of nitrogens with one attached hydrogen (secondary N) is 2. The van der Waals surface area contributed by atoms with Crippen LogP contribution in [0.15, 0.2) is 23.7 Å². The van der Waals surface area contributed by atoms with E-state index in [0.29, 0.717) is 11.1 Å². The lowest BCUT2D eigenvalue weighted by Gasteiger charge is -2.15. The lowest BCUT2D eigenvalue weighted by Crippen LogP contribution is -2.47. The first-order chi connectivity index (χ1) is 12.0.